The predicted octanol–water partition coefficient (Wildman–Crippen LogP) is 3.58. The second-order valence-electron chi connectivity index (χ2n) is 5.87. The number of aromatic amines is 1. The Morgan fingerprint density at radius 2 is 1.83 bits per heavy atom. The van der Waals surface area contributed by atoms with Gasteiger partial charge in [-0.1, -0.05) is 36.4 Å². The Balaban J connectivity index is 1.71. The molecule has 1 fully saturated rings. The second-order valence-corrected chi connectivity index (χ2v) is 6.25. The topological polar surface area (TPSA) is 44.0 Å². The highest BCUT2D eigenvalue weighted by Crippen LogP contribution is 2.38. The predicted molar refractivity (Wildman–Crippen MR) is 98.2 cm³/mol. The lowest BCUT2D eigenvalue weighted by molar-refractivity contribution is 0.306. The molecule has 120 valence electrons. The van der Waals surface area contributed by atoms with E-state index in [-0.39, 0.29) is 12.1 Å². The zero-order chi connectivity index (χ0) is 16.4. The van der Waals surface area contributed by atoms with Crippen molar-refractivity contribution in [1.82, 2.24) is 20.2 Å². The Bertz CT molecular complexity index is 802. The number of benzene rings is 1. The van der Waals surface area contributed by atoms with E-state index >= 15 is 0 Å². The van der Waals surface area contributed by atoms with Gasteiger partial charge in [-0.15, -0.1) is 0 Å². The summed E-state index contributed by atoms with van der Waals surface area (Å²) < 4.78 is 0. The van der Waals surface area contributed by atoms with Crippen molar-refractivity contribution in [2.45, 2.75) is 18.6 Å². The molecule has 0 bridgehead atoms. The Hall–Kier alpha value is -2.66. The van der Waals surface area contributed by atoms with E-state index in [0.29, 0.717) is 0 Å². The van der Waals surface area contributed by atoms with E-state index in [4.69, 9.17) is 12.2 Å². The molecule has 0 aliphatic carbocycles. The van der Waals surface area contributed by atoms with Crippen molar-refractivity contribution in [3.63, 3.8) is 0 Å². The molecule has 1 saturated heterocycles. The number of rotatable bonds is 4. The number of nitrogens with one attached hydrogen (secondary N) is 2. The zero-order valence-electron chi connectivity index (χ0n) is 13.1. The quantitative estimate of drug-likeness (QED) is 0.716. The molecule has 1 aromatic carbocycles. The van der Waals surface area contributed by atoms with Gasteiger partial charge in [0, 0.05) is 24.6 Å². The van der Waals surface area contributed by atoms with Crippen LogP contribution in [0, 0.1) is 0 Å². The Labute approximate surface area is 146 Å². The summed E-state index contributed by atoms with van der Waals surface area (Å²) >= 11 is 5.64. The van der Waals surface area contributed by atoms with Crippen LogP contribution in [0.25, 0.3) is 0 Å². The van der Waals surface area contributed by atoms with Crippen LogP contribution in [0.5, 0.6) is 0 Å². The Morgan fingerprint density at radius 1 is 1.00 bits per heavy atom. The number of thiocarbonyl (C=S) groups is 1. The SMILES string of the molecule is S=C1N[C@H](c2ccccn2)[C@H](c2ccc[nH]2)N1Cc1ccccc1. The van der Waals surface area contributed by atoms with Crippen molar-refractivity contribution in [2.75, 3.05) is 0 Å². The molecular weight excluding hydrogens is 316 g/mol. The smallest absolute Gasteiger partial charge is 0.170 e. The summed E-state index contributed by atoms with van der Waals surface area (Å²) in [6.07, 6.45) is 3.78. The molecule has 0 saturated carbocycles. The summed E-state index contributed by atoms with van der Waals surface area (Å²) in [5.41, 5.74) is 3.36. The van der Waals surface area contributed by atoms with Crippen molar-refractivity contribution >= 4 is 17.3 Å². The van der Waals surface area contributed by atoms with Gasteiger partial charge in [0.2, 0.25) is 0 Å². The standard InChI is InChI=1S/C19H18N4S/c24-19-22-17(15-9-4-5-11-20-15)18(16-10-6-12-21-16)23(19)13-14-7-2-1-3-8-14/h1-12,17-18,21H,13H2,(H,22,24)/t17-,18+/m1/s1. The summed E-state index contributed by atoms with van der Waals surface area (Å²) in [5.74, 6) is 0. The molecule has 0 radical (unpaired) electrons. The second kappa shape index (κ2) is 6.45. The van der Waals surface area contributed by atoms with Crippen LogP contribution >= 0.6 is 12.2 Å². The molecule has 4 nitrogen and oxygen atoms in total. The maximum atomic E-state index is 5.64. The molecule has 5 heteroatoms. The van der Waals surface area contributed by atoms with E-state index in [1.54, 1.807) is 0 Å². The molecule has 0 spiro atoms. The van der Waals surface area contributed by atoms with Gasteiger partial charge >= 0.3 is 0 Å². The van der Waals surface area contributed by atoms with Gasteiger partial charge in [0.25, 0.3) is 0 Å². The third-order valence-corrected chi connectivity index (χ3v) is 4.69. The molecule has 1 aliphatic rings. The molecule has 0 amide bonds. The maximum Gasteiger partial charge on any atom is 0.170 e. The normalized spacial score (nSPS) is 20.2. The molecule has 0 unspecified atom stereocenters. The van der Waals surface area contributed by atoms with Crippen LogP contribution in [0.4, 0.5) is 0 Å². The van der Waals surface area contributed by atoms with Crippen molar-refractivity contribution in [2.24, 2.45) is 0 Å². The van der Waals surface area contributed by atoms with Gasteiger partial charge in [-0.25, -0.2) is 0 Å². The summed E-state index contributed by atoms with van der Waals surface area (Å²) in [5, 5.41) is 4.21. The van der Waals surface area contributed by atoms with Crippen LogP contribution in [0.1, 0.15) is 29.0 Å². The number of hydrogen-bond acceptors (Lipinski definition) is 2. The molecule has 2 atom stereocenters. The van der Waals surface area contributed by atoms with Gasteiger partial charge in [0.05, 0.1) is 17.8 Å². The Kier molecular flexibility index (Phi) is 4.01. The van der Waals surface area contributed by atoms with Gasteiger partial charge in [-0.05, 0) is 42.0 Å². The molecule has 1 aliphatic heterocycles. The lowest BCUT2D eigenvalue weighted by Gasteiger charge is -2.27. The minimum atomic E-state index is 0.0288. The molecule has 3 heterocycles. The fourth-order valence-corrected chi connectivity index (χ4v) is 3.53. The molecule has 24 heavy (non-hydrogen) atoms. The molecular formula is C19H18N4S. The van der Waals surface area contributed by atoms with Crippen LogP contribution in [0.3, 0.4) is 0 Å². The third kappa shape index (κ3) is 2.78. The summed E-state index contributed by atoms with van der Waals surface area (Å²) in [4.78, 5) is 10.1. The summed E-state index contributed by atoms with van der Waals surface area (Å²) in [6, 6.07) is 20.6. The number of nitrogens with zero attached hydrogens (tertiary/aromatic N) is 2. The third-order valence-electron chi connectivity index (χ3n) is 4.33. The van der Waals surface area contributed by atoms with Crippen LogP contribution in [-0.4, -0.2) is 20.0 Å². The van der Waals surface area contributed by atoms with Gasteiger partial charge < -0.3 is 15.2 Å². The van der Waals surface area contributed by atoms with Gasteiger partial charge in [-0.3, -0.25) is 4.98 Å². The highest BCUT2D eigenvalue weighted by atomic mass is 32.1. The number of H-pyrrole nitrogens is 1. The van der Waals surface area contributed by atoms with Crippen molar-refractivity contribution in [1.29, 1.82) is 0 Å². The van der Waals surface area contributed by atoms with Crippen LogP contribution in [0.2, 0.25) is 0 Å². The largest absolute Gasteiger partial charge is 0.363 e. The average molecular weight is 334 g/mol. The zero-order valence-corrected chi connectivity index (χ0v) is 13.9. The average Bonchev–Trinajstić information content (AvgIpc) is 3.25. The summed E-state index contributed by atoms with van der Waals surface area (Å²) in [6.45, 7) is 0.764. The maximum absolute atomic E-state index is 5.64. The van der Waals surface area contributed by atoms with Gasteiger partial charge in [-0.2, -0.15) is 0 Å². The van der Waals surface area contributed by atoms with E-state index in [1.807, 2.05) is 42.7 Å². The Morgan fingerprint density at radius 3 is 2.54 bits per heavy atom. The van der Waals surface area contributed by atoms with E-state index in [9.17, 15) is 0 Å². The number of aromatic nitrogens is 2. The summed E-state index contributed by atoms with van der Waals surface area (Å²) in [7, 11) is 0. The van der Waals surface area contributed by atoms with Crippen LogP contribution in [-0.2, 0) is 6.54 Å². The first kappa shape index (κ1) is 14.9. The minimum Gasteiger partial charge on any atom is -0.363 e. The fraction of sp³-hybridized carbons (Fsp3) is 0.158. The highest BCUT2D eigenvalue weighted by Gasteiger charge is 2.40. The first-order valence-electron chi connectivity index (χ1n) is 7.98. The molecule has 4 rings (SSSR count). The van der Waals surface area contributed by atoms with Crippen molar-refractivity contribution < 1.29 is 0 Å². The number of hydrogen-bond donors (Lipinski definition) is 2. The van der Waals surface area contributed by atoms with Crippen molar-refractivity contribution in [3.8, 4) is 0 Å². The minimum absolute atomic E-state index is 0.0288. The number of pyridine rings is 1. The van der Waals surface area contributed by atoms with Crippen molar-refractivity contribution in [3.05, 3.63) is 90.0 Å². The van der Waals surface area contributed by atoms with Gasteiger partial charge in [0.15, 0.2) is 5.11 Å². The first-order valence-corrected chi connectivity index (χ1v) is 8.39. The van der Waals surface area contributed by atoms with E-state index in [0.717, 1.165) is 23.0 Å². The van der Waals surface area contributed by atoms with E-state index in [2.05, 4.69) is 50.5 Å². The van der Waals surface area contributed by atoms with E-state index in [1.165, 1.54) is 5.56 Å². The first-order chi connectivity index (χ1) is 11.8. The molecule has 2 aromatic heterocycles. The lowest BCUT2D eigenvalue weighted by atomic mass is 10.0. The van der Waals surface area contributed by atoms with E-state index < -0.39 is 0 Å². The molecule has 3 aromatic rings. The highest BCUT2D eigenvalue weighted by molar-refractivity contribution is 7.80. The molecule has 2 N–H and O–H groups in total. The lowest BCUT2D eigenvalue weighted by Crippen LogP contribution is -2.29. The monoisotopic (exact) mass is 334 g/mol. The van der Waals surface area contributed by atoms with Gasteiger partial charge in [0.1, 0.15) is 0 Å². The fourth-order valence-electron chi connectivity index (χ4n) is 3.22. The van der Waals surface area contributed by atoms with Crippen LogP contribution < -0.4 is 5.32 Å². The van der Waals surface area contributed by atoms with Crippen LogP contribution in [0.15, 0.2) is 73.1 Å².